The van der Waals surface area contributed by atoms with E-state index in [1.54, 1.807) is 24.3 Å². The van der Waals surface area contributed by atoms with E-state index in [0.29, 0.717) is 24.4 Å². The molecule has 1 rings (SSSR count). The molecule has 1 atom stereocenters. The summed E-state index contributed by atoms with van der Waals surface area (Å²) in [5.41, 5.74) is 0. The van der Waals surface area contributed by atoms with Crippen LogP contribution in [0.4, 0.5) is 4.39 Å². The second-order valence-electron chi connectivity index (χ2n) is 4.44. The molecular formula is C15H21FO3. The van der Waals surface area contributed by atoms with Crippen molar-refractivity contribution in [3.63, 3.8) is 0 Å². The van der Waals surface area contributed by atoms with Gasteiger partial charge in [0, 0.05) is 0 Å². The molecule has 0 fully saturated rings. The van der Waals surface area contributed by atoms with Crippen LogP contribution in [-0.4, -0.2) is 19.3 Å². The number of benzene rings is 1. The van der Waals surface area contributed by atoms with E-state index in [1.165, 1.54) is 0 Å². The predicted octanol–water partition coefficient (Wildman–Crippen LogP) is 3.91. The summed E-state index contributed by atoms with van der Waals surface area (Å²) in [4.78, 5) is 10.1. The largest absolute Gasteiger partial charge is 0.491 e. The van der Waals surface area contributed by atoms with Crippen LogP contribution in [-0.2, 0) is 4.79 Å². The van der Waals surface area contributed by atoms with Crippen molar-refractivity contribution in [1.29, 1.82) is 0 Å². The molecule has 0 spiro atoms. The zero-order valence-electron chi connectivity index (χ0n) is 11.3. The maximum absolute atomic E-state index is 13.5. The Bertz CT molecular complexity index is 351. The van der Waals surface area contributed by atoms with E-state index in [9.17, 15) is 9.18 Å². The predicted molar refractivity (Wildman–Crippen MR) is 72.3 cm³/mol. The molecule has 0 aliphatic heterocycles. The normalized spacial score (nSPS) is 11.9. The van der Waals surface area contributed by atoms with Crippen LogP contribution >= 0.6 is 0 Å². The Labute approximate surface area is 113 Å². The molecule has 0 aromatic heterocycles. The first kappa shape index (κ1) is 15.5. The molecule has 1 unspecified atom stereocenters. The summed E-state index contributed by atoms with van der Waals surface area (Å²) in [6, 6.07) is 6.53. The fourth-order valence-corrected chi connectivity index (χ4v) is 1.73. The van der Waals surface area contributed by atoms with Gasteiger partial charge < -0.3 is 9.47 Å². The van der Waals surface area contributed by atoms with E-state index < -0.39 is 6.17 Å². The Morgan fingerprint density at radius 3 is 2.47 bits per heavy atom. The summed E-state index contributed by atoms with van der Waals surface area (Å²) in [6.07, 6.45) is 3.92. The van der Waals surface area contributed by atoms with E-state index in [2.05, 4.69) is 11.7 Å². The van der Waals surface area contributed by atoms with Crippen LogP contribution in [0.2, 0.25) is 0 Å². The quantitative estimate of drug-likeness (QED) is 0.477. The lowest BCUT2D eigenvalue weighted by atomic mass is 10.1. The number of unbranched alkanes of at least 4 members (excludes halogenated alkanes) is 3. The first-order valence-corrected chi connectivity index (χ1v) is 6.73. The zero-order chi connectivity index (χ0) is 13.9. The van der Waals surface area contributed by atoms with Gasteiger partial charge in [0.05, 0.1) is 0 Å². The van der Waals surface area contributed by atoms with Gasteiger partial charge in [0.1, 0.15) is 24.3 Å². The van der Waals surface area contributed by atoms with E-state index in [-0.39, 0.29) is 6.61 Å². The van der Waals surface area contributed by atoms with Crippen molar-refractivity contribution in [2.45, 2.75) is 45.2 Å². The number of alkyl halides is 1. The third-order valence-electron chi connectivity index (χ3n) is 2.81. The molecule has 1 aromatic carbocycles. The van der Waals surface area contributed by atoms with Gasteiger partial charge in [-0.05, 0) is 30.7 Å². The maximum atomic E-state index is 13.5. The molecule has 106 valence electrons. The first-order valence-electron chi connectivity index (χ1n) is 6.73. The highest BCUT2D eigenvalue weighted by Gasteiger charge is 2.07. The van der Waals surface area contributed by atoms with Gasteiger partial charge >= 0.3 is 0 Å². The number of halogens is 1. The highest BCUT2D eigenvalue weighted by atomic mass is 19.1. The summed E-state index contributed by atoms with van der Waals surface area (Å²) in [7, 11) is 0. The molecule has 0 saturated carbocycles. The molecule has 0 N–H and O–H groups in total. The van der Waals surface area contributed by atoms with Gasteiger partial charge in [0.15, 0.2) is 0 Å². The summed E-state index contributed by atoms with van der Waals surface area (Å²) in [5.74, 6) is 1.02. The monoisotopic (exact) mass is 268 g/mol. The van der Waals surface area contributed by atoms with Crippen LogP contribution in [0, 0.1) is 0 Å². The molecule has 0 heterocycles. The minimum absolute atomic E-state index is 0.0695. The molecule has 4 heteroatoms. The van der Waals surface area contributed by atoms with Crippen LogP contribution < -0.4 is 9.47 Å². The minimum Gasteiger partial charge on any atom is -0.491 e. The van der Waals surface area contributed by atoms with Crippen LogP contribution in [0.3, 0.4) is 0 Å². The van der Waals surface area contributed by atoms with Crippen LogP contribution in [0.5, 0.6) is 11.5 Å². The van der Waals surface area contributed by atoms with Gasteiger partial charge in [-0.3, -0.25) is 4.79 Å². The van der Waals surface area contributed by atoms with E-state index >= 15 is 0 Å². The topological polar surface area (TPSA) is 35.5 Å². The standard InChI is InChI=1S/C15H21FO3/c1-2-3-4-5-6-13(16)11-18-14-7-9-15(10-8-14)19-12-17/h7-10,12-13H,2-6,11H2,1H3. The van der Waals surface area contributed by atoms with Crippen molar-refractivity contribution < 1.29 is 18.7 Å². The van der Waals surface area contributed by atoms with Gasteiger partial charge in [0.25, 0.3) is 6.47 Å². The lowest BCUT2D eigenvalue weighted by molar-refractivity contribution is -0.120. The second kappa shape index (κ2) is 9.36. The van der Waals surface area contributed by atoms with Crippen molar-refractivity contribution in [3.05, 3.63) is 24.3 Å². The molecule has 0 radical (unpaired) electrons. The maximum Gasteiger partial charge on any atom is 0.298 e. The number of hydrogen-bond donors (Lipinski definition) is 0. The summed E-state index contributed by atoms with van der Waals surface area (Å²) < 4.78 is 23.5. The molecule has 0 aliphatic carbocycles. The molecule has 19 heavy (non-hydrogen) atoms. The fraction of sp³-hybridized carbons (Fsp3) is 0.533. The Morgan fingerprint density at radius 1 is 1.16 bits per heavy atom. The SMILES string of the molecule is CCCCCCC(F)COc1ccc(OC=O)cc1. The number of rotatable bonds is 10. The lowest BCUT2D eigenvalue weighted by Gasteiger charge is -2.10. The minimum atomic E-state index is -0.928. The second-order valence-corrected chi connectivity index (χ2v) is 4.44. The lowest BCUT2D eigenvalue weighted by Crippen LogP contribution is -2.12. The fourth-order valence-electron chi connectivity index (χ4n) is 1.73. The Morgan fingerprint density at radius 2 is 1.84 bits per heavy atom. The molecular weight excluding hydrogens is 247 g/mol. The van der Waals surface area contributed by atoms with Crippen molar-refractivity contribution in [1.82, 2.24) is 0 Å². The summed E-state index contributed by atoms with van der Waals surface area (Å²) in [5, 5.41) is 0. The Kier molecular flexibility index (Phi) is 7.63. The van der Waals surface area contributed by atoms with Gasteiger partial charge in [-0.1, -0.05) is 32.6 Å². The zero-order valence-corrected chi connectivity index (χ0v) is 11.3. The molecule has 1 aromatic rings. The van der Waals surface area contributed by atoms with Crippen molar-refractivity contribution in [2.75, 3.05) is 6.61 Å². The highest BCUT2D eigenvalue weighted by Crippen LogP contribution is 2.18. The van der Waals surface area contributed by atoms with Crippen LogP contribution in [0.1, 0.15) is 39.0 Å². The van der Waals surface area contributed by atoms with Gasteiger partial charge in [0.2, 0.25) is 0 Å². The Hall–Kier alpha value is -1.58. The summed E-state index contributed by atoms with van der Waals surface area (Å²) >= 11 is 0. The molecule has 0 bridgehead atoms. The number of ether oxygens (including phenoxy) is 2. The third-order valence-corrected chi connectivity index (χ3v) is 2.81. The average molecular weight is 268 g/mol. The third kappa shape index (κ3) is 6.79. The first-order chi connectivity index (χ1) is 9.26. The molecule has 3 nitrogen and oxygen atoms in total. The van der Waals surface area contributed by atoms with Crippen molar-refractivity contribution in [3.8, 4) is 11.5 Å². The molecule has 0 saturated heterocycles. The van der Waals surface area contributed by atoms with Gasteiger partial charge in [-0.15, -0.1) is 0 Å². The smallest absolute Gasteiger partial charge is 0.298 e. The van der Waals surface area contributed by atoms with E-state index in [1.807, 2.05) is 0 Å². The van der Waals surface area contributed by atoms with Crippen LogP contribution in [0.15, 0.2) is 24.3 Å². The summed E-state index contributed by atoms with van der Waals surface area (Å²) in [6.45, 7) is 2.57. The van der Waals surface area contributed by atoms with E-state index in [4.69, 9.17) is 4.74 Å². The Balaban J connectivity index is 2.21. The number of carbonyl (C=O) groups excluding carboxylic acids is 1. The van der Waals surface area contributed by atoms with Crippen molar-refractivity contribution in [2.24, 2.45) is 0 Å². The van der Waals surface area contributed by atoms with Crippen LogP contribution in [0.25, 0.3) is 0 Å². The average Bonchev–Trinajstić information content (AvgIpc) is 2.43. The van der Waals surface area contributed by atoms with E-state index in [0.717, 1.165) is 25.7 Å². The molecule has 0 aliphatic rings. The van der Waals surface area contributed by atoms with Gasteiger partial charge in [-0.2, -0.15) is 0 Å². The van der Waals surface area contributed by atoms with Crippen molar-refractivity contribution >= 4 is 6.47 Å². The number of hydrogen-bond acceptors (Lipinski definition) is 3. The highest BCUT2D eigenvalue weighted by molar-refractivity contribution is 5.45. The molecule has 0 amide bonds. The number of carbonyl (C=O) groups is 1. The van der Waals surface area contributed by atoms with Gasteiger partial charge in [-0.25, -0.2) is 4.39 Å².